The lowest BCUT2D eigenvalue weighted by atomic mass is 10.0. The van der Waals surface area contributed by atoms with Gasteiger partial charge in [0.1, 0.15) is 0 Å². The highest BCUT2D eigenvalue weighted by molar-refractivity contribution is 6.42. The molecule has 112 valence electrons. The van der Waals surface area contributed by atoms with Gasteiger partial charge in [-0.2, -0.15) is 0 Å². The molecule has 1 N–H and O–H groups in total. The Balaban J connectivity index is 1.83. The fraction of sp³-hybridized carbons (Fsp3) is 0.600. The fourth-order valence-electron chi connectivity index (χ4n) is 2.44. The molecular formula is C15H22Cl2N2O. The molecule has 20 heavy (non-hydrogen) atoms. The number of ether oxygens (including phenoxy) is 1. The molecule has 1 heterocycles. The van der Waals surface area contributed by atoms with Crippen LogP contribution in [0.1, 0.15) is 19.4 Å². The van der Waals surface area contributed by atoms with Crippen LogP contribution in [0.4, 0.5) is 0 Å². The minimum atomic E-state index is 0.125. The second kappa shape index (κ2) is 7.10. The van der Waals surface area contributed by atoms with Gasteiger partial charge in [-0.1, -0.05) is 29.3 Å². The highest BCUT2D eigenvalue weighted by atomic mass is 35.5. The van der Waals surface area contributed by atoms with Crippen LogP contribution < -0.4 is 5.32 Å². The maximum atomic E-state index is 6.02. The number of nitrogens with one attached hydrogen (secondary N) is 1. The van der Waals surface area contributed by atoms with E-state index < -0.39 is 0 Å². The van der Waals surface area contributed by atoms with E-state index in [-0.39, 0.29) is 5.54 Å². The SMILES string of the molecule is CC(C)(CNCc1ccc(Cl)c(Cl)c1)N1CCOCC1. The largest absolute Gasteiger partial charge is 0.379 e. The average Bonchev–Trinajstić information content (AvgIpc) is 2.44. The first-order valence-corrected chi connectivity index (χ1v) is 7.72. The van der Waals surface area contributed by atoms with Crippen molar-refractivity contribution in [1.29, 1.82) is 0 Å². The smallest absolute Gasteiger partial charge is 0.0595 e. The molecule has 1 aliphatic heterocycles. The zero-order chi connectivity index (χ0) is 14.6. The number of hydrogen-bond donors (Lipinski definition) is 1. The van der Waals surface area contributed by atoms with Gasteiger partial charge in [0.2, 0.25) is 0 Å². The normalized spacial score (nSPS) is 17.4. The lowest BCUT2D eigenvalue weighted by Gasteiger charge is -2.41. The molecule has 0 spiro atoms. The van der Waals surface area contributed by atoms with Crippen molar-refractivity contribution < 1.29 is 4.74 Å². The summed E-state index contributed by atoms with van der Waals surface area (Å²) in [6, 6.07) is 5.76. The maximum absolute atomic E-state index is 6.02. The summed E-state index contributed by atoms with van der Waals surface area (Å²) in [7, 11) is 0. The van der Waals surface area contributed by atoms with Crippen molar-refractivity contribution in [3.05, 3.63) is 33.8 Å². The number of hydrogen-bond acceptors (Lipinski definition) is 3. The molecule has 5 heteroatoms. The lowest BCUT2D eigenvalue weighted by Crippen LogP contribution is -2.54. The maximum Gasteiger partial charge on any atom is 0.0595 e. The minimum absolute atomic E-state index is 0.125. The Morgan fingerprint density at radius 3 is 2.55 bits per heavy atom. The van der Waals surface area contributed by atoms with Crippen LogP contribution in [0.25, 0.3) is 0 Å². The van der Waals surface area contributed by atoms with Crippen molar-refractivity contribution in [1.82, 2.24) is 10.2 Å². The van der Waals surface area contributed by atoms with E-state index in [0.717, 1.165) is 45.0 Å². The van der Waals surface area contributed by atoms with Crippen LogP contribution in [0, 0.1) is 0 Å². The Hall–Kier alpha value is -0.320. The van der Waals surface area contributed by atoms with E-state index >= 15 is 0 Å². The van der Waals surface area contributed by atoms with Crippen molar-refractivity contribution in [3.63, 3.8) is 0 Å². The van der Waals surface area contributed by atoms with E-state index in [1.807, 2.05) is 18.2 Å². The molecule has 1 aliphatic rings. The molecular weight excluding hydrogens is 295 g/mol. The predicted octanol–water partition coefficient (Wildman–Crippen LogP) is 3.19. The van der Waals surface area contributed by atoms with Crippen molar-refractivity contribution >= 4 is 23.2 Å². The first-order valence-electron chi connectivity index (χ1n) is 6.96. The van der Waals surface area contributed by atoms with E-state index in [2.05, 4.69) is 24.1 Å². The molecule has 0 aromatic heterocycles. The molecule has 0 saturated carbocycles. The van der Waals surface area contributed by atoms with Crippen molar-refractivity contribution in [3.8, 4) is 0 Å². The Morgan fingerprint density at radius 2 is 1.90 bits per heavy atom. The summed E-state index contributed by atoms with van der Waals surface area (Å²) in [4.78, 5) is 2.47. The summed E-state index contributed by atoms with van der Waals surface area (Å²) in [6.45, 7) is 9.91. The van der Waals surface area contributed by atoms with Crippen LogP contribution in [0.3, 0.4) is 0 Å². The Kier molecular flexibility index (Phi) is 5.70. The van der Waals surface area contributed by atoms with Gasteiger partial charge in [-0.15, -0.1) is 0 Å². The van der Waals surface area contributed by atoms with Gasteiger partial charge in [0.05, 0.1) is 23.3 Å². The lowest BCUT2D eigenvalue weighted by molar-refractivity contribution is -0.00966. The Morgan fingerprint density at radius 1 is 1.20 bits per heavy atom. The first-order chi connectivity index (χ1) is 9.49. The first kappa shape index (κ1) is 16.1. The highest BCUT2D eigenvalue weighted by Gasteiger charge is 2.27. The van der Waals surface area contributed by atoms with Gasteiger partial charge < -0.3 is 10.1 Å². The zero-order valence-electron chi connectivity index (χ0n) is 12.1. The van der Waals surface area contributed by atoms with E-state index in [4.69, 9.17) is 27.9 Å². The average molecular weight is 317 g/mol. The third kappa shape index (κ3) is 4.34. The quantitative estimate of drug-likeness (QED) is 0.903. The van der Waals surface area contributed by atoms with Gasteiger partial charge in [-0.25, -0.2) is 0 Å². The molecule has 0 amide bonds. The molecule has 1 aromatic rings. The monoisotopic (exact) mass is 316 g/mol. The highest BCUT2D eigenvalue weighted by Crippen LogP contribution is 2.22. The molecule has 1 saturated heterocycles. The van der Waals surface area contributed by atoms with Gasteiger partial charge in [-0.05, 0) is 31.5 Å². The standard InChI is InChI=1S/C15H22Cl2N2O/c1-15(2,19-5-7-20-8-6-19)11-18-10-12-3-4-13(16)14(17)9-12/h3-4,9,18H,5-8,10-11H2,1-2H3. The predicted molar refractivity (Wildman–Crippen MR) is 84.6 cm³/mol. The molecule has 3 nitrogen and oxygen atoms in total. The molecule has 1 aromatic carbocycles. The molecule has 0 aliphatic carbocycles. The number of benzene rings is 1. The molecule has 0 bridgehead atoms. The molecule has 2 rings (SSSR count). The van der Waals surface area contributed by atoms with Crippen molar-refractivity contribution in [2.75, 3.05) is 32.8 Å². The van der Waals surface area contributed by atoms with Crippen LogP contribution >= 0.6 is 23.2 Å². The van der Waals surface area contributed by atoms with Crippen LogP contribution in [0.2, 0.25) is 10.0 Å². The van der Waals surface area contributed by atoms with Crippen molar-refractivity contribution in [2.24, 2.45) is 0 Å². The second-order valence-corrected chi connectivity index (χ2v) is 6.58. The fourth-order valence-corrected chi connectivity index (χ4v) is 2.76. The molecule has 0 unspecified atom stereocenters. The topological polar surface area (TPSA) is 24.5 Å². The van der Waals surface area contributed by atoms with Crippen LogP contribution in [-0.2, 0) is 11.3 Å². The van der Waals surface area contributed by atoms with Gasteiger partial charge in [0.25, 0.3) is 0 Å². The van der Waals surface area contributed by atoms with Gasteiger partial charge in [0.15, 0.2) is 0 Å². The van der Waals surface area contributed by atoms with Gasteiger partial charge in [0, 0.05) is 31.7 Å². The second-order valence-electron chi connectivity index (χ2n) is 5.76. The van der Waals surface area contributed by atoms with E-state index in [0.29, 0.717) is 10.0 Å². The molecule has 1 fully saturated rings. The van der Waals surface area contributed by atoms with Crippen LogP contribution in [-0.4, -0.2) is 43.3 Å². The van der Waals surface area contributed by atoms with Crippen LogP contribution in [0.15, 0.2) is 18.2 Å². The van der Waals surface area contributed by atoms with Crippen molar-refractivity contribution in [2.45, 2.75) is 25.9 Å². The van der Waals surface area contributed by atoms with Gasteiger partial charge >= 0.3 is 0 Å². The molecule has 0 atom stereocenters. The summed E-state index contributed by atoms with van der Waals surface area (Å²) >= 11 is 11.9. The summed E-state index contributed by atoms with van der Waals surface area (Å²) < 4.78 is 5.40. The number of rotatable bonds is 5. The Bertz CT molecular complexity index is 445. The molecule has 0 radical (unpaired) electrons. The number of halogens is 2. The number of nitrogens with zero attached hydrogens (tertiary/aromatic N) is 1. The third-order valence-electron chi connectivity index (χ3n) is 3.74. The van der Waals surface area contributed by atoms with Crippen LogP contribution in [0.5, 0.6) is 0 Å². The minimum Gasteiger partial charge on any atom is -0.379 e. The summed E-state index contributed by atoms with van der Waals surface area (Å²) in [6.07, 6.45) is 0. The van der Waals surface area contributed by atoms with Gasteiger partial charge in [-0.3, -0.25) is 4.90 Å². The van der Waals surface area contributed by atoms with E-state index in [1.165, 1.54) is 0 Å². The summed E-state index contributed by atoms with van der Waals surface area (Å²) in [5.74, 6) is 0. The number of morpholine rings is 1. The Labute approximate surface area is 131 Å². The third-order valence-corrected chi connectivity index (χ3v) is 4.48. The van der Waals surface area contributed by atoms with E-state index in [9.17, 15) is 0 Å². The summed E-state index contributed by atoms with van der Waals surface area (Å²) in [5.41, 5.74) is 1.28. The summed E-state index contributed by atoms with van der Waals surface area (Å²) in [5, 5.41) is 4.71. The zero-order valence-corrected chi connectivity index (χ0v) is 13.6. The van der Waals surface area contributed by atoms with E-state index in [1.54, 1.807) is 0 Å².